The lowest BCUT2D eigenvalue weighted by atomic mass is 10.2. The van der Waals surface area contributed by atoms with Crippen molar-refractivity contribution in [1.29, 1.82) is 0 Å². The third-order valence-corrected chi connectivity index (χ3v) is 4.29. The number of rotatable bonds is 6. The van der Waals surface area contributed by atoms with Crippen LogP contribution in [0.3, 0.4) is 0 Å². The molecule has 27 heavy (non-hydrogen) atoms. The van der Waals surface area contributed by atoms with E-state index in [4.69, 9.17) is 9.15 Å². The number of hydrogen-bond acceptors (Lipinski definition) is 5. The molecular formula is C18H18BrN3O5. The summed E-state index contributed by atoms with van der Waals surface area (Å²) in [5.74, 6) is -0.925. The van der Waals surface area contributed by atoms with Gasteiger partial charge in [0.05, 0.1) is 6.54 Å². The molecule has 9 heteroatoms. The van der Waals surface area contributed by atoms with E-state index in [1.807, 2.05) is 0 Å². The van der Waals surface area contributed by atoms with Crippen molar-refractivity contribution in [2.45, 2.75) is 18.9 Å². The van der Waals surface area contributed by atoms with Crippen LogP contribution in [-0.2, 0) is 14.3 Å². The lowest BCUT2D eigenvalue weighted by Crippen LogP contribution is -2.32. The summed E-state index contributed by atoms with van der Waals surface area (Å²) >= 11 is 3.11. The van der Waals surface area contributed by atoms with Gasteiger partial charge in [0, 0.05) is 18.0 Å². The van der Waals surface area contributed by atoms with Crippen molar-refractivity contribution in [1.82, 2.24) is 5.32 Å². The highest BCUT2D eigenvalue weighted by molar-refractivity contribution is 9.10. The Morgan fingerprint density at radius 2 is 1.74 bits per heavy atom. The summed E-state index contributed by atoms with van der Waals surface area (Å²) in [5.41, 5.74) is 1.16. The second-order valence-electron chi connectivity index (χ2n) is 5.90. The molecular weight excluding hydrogens is 418 g/mol. The predicted octanol–water partition coefficient (Wildman–Crippen LogP) is 2.53. The van der Waals surface area contributed by atoms with Crippen LogP contribution in [0.4, 0.5) is 11.4 Å². The van der Waals surface area contributed by atoms with Crippen molar-refractivity contribution in [3.8, 4) is 0 Å². The molecule has 0 aliphatic carbocycles. The van der Waals surface area contributed by atoms with Crippen LogP contribution >= 0.6 is 15.9 Å². The van der Waals surface area contributed by atoms with Crippen LogP contribution in [0.25, 0.3) is 0 Å². The minimum atomic E-state index is -0.483. The van der Waals surface area contributed by atoms with Crippen LogP contribution in [0.1, 0.15) is 23.4 Å². The molecule has 3 N–H and O–H groups in total. The molecule has 1 aliphatic heterocycles. The Bertz CT molecular complexity index is 828. The number of furan rings is 1. The fraction of sp³-hybridized carbons (Fsp3) is 0.278. The fourth-order valence-electron chi connectivity index (χ4n) is 2.53. The highest BCUT2D eigenvalue weighted by Gasteiger charge is 2.23. The molecule has 1 saturated heterocycles. The maximum Gasteiger partial charge on any atom is 0.287 e. The third-order valence-electron chi connectivity index (χ3n) is 3.86. The van der Waals surface area contributed by atoms with E-state index in [0.717, 1.165) is 12.8 Å². The number of carbonyl (C=O) groups excluding carboxylic acids is 3. The van der Waals surface area contributed by atoms with Gasteiger partial charge in [-0.3, -0.25) is 14.4 Å². The van der Waals surface area contributed by atoms with Crippen molar-refractivity contribution in [3.63, 3.8) is 0 Å². The van der Waals surface area contributed by atoms with Gasteiger partial charge in [0.1, 0.15) is 6.10 Å². The molecule has 8 nitrogen and oxygen atoms in total. The Kier molecular flexibility index (Phi) is 6.25. The second-order valence-corrected chi connectivity index (χ2v) is 6.68. The molecule has 1 aliphatic rings. The molecule has 142 valence electrons. The summed E-state index contributed by atoms with van der Waals surface area (Å²) in [5, 5.41) is 7.90. The van der Waals surface area contributed by atoms with Gasteiger partial charge in [-0.15, -0.1) is 0 Å². The van der Waals surface area contributed by atoms with Crippen molar-refractivity contribution >= 4 is 45.0 Å². The van der Waals surface area contributed by atoms with Crippen molar-refractivity contribution in [2.75, 3.05) is 23.8 Å². The molecule has 0 bridgehead atoms. The number of anilines is 2. The van der Waals surface area contributed by atoms with Gasteiger partial charge >= 0.3 is 0 Å². The van der Waals surface area contributed by atoms with E-state index < -0.39 is 12.0 Å². The fourth-order valence-corrected chi connectivity index (χ4v) is 2.84. The summed E-state index contributed by atoms with van der Waals surface area (Å²) in [6, 6.07) is 9.78. The molecule has 1 atom stereocenters. The van der Waals surface area contributed by atoms with E-state index in [2.05, 4.69) is 31.9 Å². The Balaban J connectivity index is 1.45. The zero-order valence-corrected chi connectivity index (χ0v) is 15.9. The summed E-state index contributed by atoms with van der Waals surface area (Å²) in [4.78, 5) is 35.7. The van der Waals surface area contributed by atoms with Gasteiger partial charge < -0.3 is 25.1 Å². The van der Waals surface area contributed by atoms with Gasteiger partial charge in [-0.05, 0) is 65.2 Å². The standard InChI is InChI=1S/C18H18BrN3O5/c19-15-8-7-14(27-15)17(24)20-10-16(23)21-11-3-5-12(6-4-11)22-18(25)13-2-1-9-26-13/h3-8,13H,1-2,9-10H2,(H,20,24)(H,21,23)(H,22,25)/t13-/m1/s1. The van der Waals surface area contributed by atoms with Crippen LogP contribution in [0, 0.1) is 0 Å². The first-order chi connectivity index (χ1) is 13.0. The Labute approximate surface area is 163 Å². The van der Waals surface area contributed by atoms with Gasteiger partial charge in [-0.25, -0.2) is 0 Å². The summed E-state index contributed by atoms with van der Waals surface area (Å²) in [6.45, 7) is 0.408. The maximum atomic E-state index is 12.0. The lowest BCUT2D eigenvalue weighted by molar-refractivity contribution is -0.124. The topological polar surface area (TPSA) is 110 Å². The number of benzene rings is 1. The summed E-state index contributed by atoms with van der Waals surface area (Å²) in [6.07, 6.45) is 1.21. The normalized spacial score (nSPS) is 16.0. The first kappa shape index (κ1) is 19.1. The maximum absolute atomic E-state index is 12.0. The van der Waals surface area contributed by atoms with Crippen LogP contribution in [-0.4, -0.2) is 37.0 Å². The highest BCUT2D eigenvalue weighted by Crippen LogP contribution is 2.17. The molecule has 0 radical (unpaired) electrons. The smallest absolute Gasteiger partial charge is 0.287 e. The monoisotopic (exact) mass is 435 g/mol. The number of ether oxygens (including phenoxy) is 1. The quantitative estimate of drug-likeness (QED) is 0.645. The van der Waals surface area contributed by atoms with Crippen molar-refractivity contribution < 1.29 is 23.5 Å². The molecule has 0 unspecified atom stereocenters. The molecule has 0 spiro atoms. The van der Waals surface area contributed by atoms with E-state index in [1.165, 1.54) is 6.07 Å². The first-order valence-electron chi connectivity index (χ1n) is 8.37. The third kappa shape index (κ3) is 5.41. The molecule has 1 aromatic heterocycles. The molecule has 1 fully saturated rings. The Morgan fingerprint density at radius 1 is 1.04 bits per heavy atom. The number of halogens is 1. The largest absolute Gasteiger partial charge is 0.444 e. The number of carbonyl (C=O) groups is 3. The van der Waals surface area contributed by atoms with Gasteiger partial charge in [-0.1, -0.05) is 0 Å². The molecule has 1 aromatic carbocycles. The van der Waals surface area contributed by atoms with E-state index in [0.29, 0.717) is 22.7 Å². The van der Waals surface area contributed by atoms with Crippen LogP contribution in [0.2, 0.25) is 0 Å². The molecule has 3 rings (SSSR count). The van der Waals surface area contributed by atoms with E-state index >= 15 is 0 Å². The SMILES string of the molecule is O=C(CNC(=O)c1ccc(Br)o1)Nc1ccc(NC(=O)[C@H]2CCCO2)cc1. The molecule has 3 amide bonds. The number of nitrogens with one attached hydrogen (secondary N) is 3. The number of hydrogen-bond donors (Lipinski definition) is 3. The van der Waals surface area contributed by atoms with Gasteiger partial charge in [-0.2, -0.15) is 0 Å². The zero-order chi connectivity index (χ0) is 19.2. The van der Waals surface area contributed by atoms with Gasteiger partial charge in [0.25, 0.3) is 11.8 Å². The Hall–Kier alpha value is -2.65. The van der Waals surface area contributed by atoms with Crippen LogP contribution in [0.5, 0.6) is 0 Å². The molecule has 2 heterocycles. The van der Waals surface area contributed by atoms with E-state index in [1.54, 1.807) is 30.3 Å². The summed E-state index contributed by atoms with van der Waals surface area (Å²) in [7, 11) is 0. The van der Waals surface area contributed by atoms with Crippen LogP contribution in [0.15, 0.2) is 45.5 Å². The average molecular weight is 436 g/mol. The van der Waals surface area contributed by atoms with E-state index in [9.17, 15) is 14.4 Å². The van der Waals surface area contributed by atoms with Crippen LogP contribution < -0.4 is 16.0 Å². The minimum Gasteiger partial charge on any atom is -0.444 e. The second kappa shape index (κ2) is 8.83. The highest BCUT2D eigenvalue weighted by atomic mass is 79.9. The number of amides is 3. The van der Waals surface area contributed by atoms with E-state index in [-0.39, 0.29) is 24.1 Å². The van der Waals surface area contributed by atoms with Gasteiger partial charge in [0.15, 0.2) is 10.4 Å². The van der Waals surface area contributed by atoms with Gasteiger partial charge in [0.2, 0.25) is 5.91 Å². The van der Waals surface area contributed by atoms with Crippen molar-refractivity contribution in [3.05, 3.63) is 46.8 Å². The first-order valence-corrected chi connectivity index (χ1v) is 9.16. The predicted molar refractivity (Wildman–Crippen MR) is 101 cm³/mol. The zero-order valence-electron chi connectivity index (χ0n) is 14.3. The van der Waals surface area contributed by atoms with Crippen molar-refractivity contribution in [2.24, 2.45) is 0 Å². The minimum absolute atomic E-state index is 0.112. The lowest BCUT2D eigenvalue weighted by Gasteiger charge is -2.11. The molecule has 2 aromatic rings. The summed E-state index contributed by atoms with van der Waals surface area (Å²) < 4.78 is 10.9. The Morgan fingerprint density at radius 3 is 2.33 bits per heavy atom. The molecule has 0 saturated carbocycles. The average Bonchev–Trinajstić information content (AvgIpc) is 3.33.